The van der Waals surface area contributed by atoms with Gasteiger partial charge >= 0.3 is 6.09 Å². The molecular weight excluding hydrogens is 278 g/mol. The maximum atomic E-state index is 11.7. The van der Waals surface area contributed by atoms with Gasteiger partial charge in [-0.1, -0.05) is 18.2 Å². The van der Waals surface area contributed by atoms with E-state index in [0.29, 0.717) is 6.54 Å². The second-order valence-corrected chi connectivity index (χ2v) is 6.12. The summed E-state index contributed by atoms with van der Waals surface area (Å²) in [4.78, 5) is 11.7. The Labute approximate surface area is 130 Å². The van der Waals surface area contributed by atoms with Crippen LogP contribution in [0, 0.1) is 6.92 Å². The molecule has 116 valence electrons. The molecule has 1 N–H and O–H groups in total. The summed E-state index contributed by atoms with van der Waals surface area (Å²) in [6.07, 6.45) is -0.423. The summed E-state index contributed by atoms with van der Waals surface area (Å²) in [5.41, 5.74) is 3.14. The molecule has 0 fully saturated rings. The first-order valence-electron chi connectivity index (χ1n) is 7.20. The molecule has 1 heterocycles. The van der Waals surface area contributed by atoms with Gasteiger partial charge in [-0.15, -0.1) is 0 Å². The zero-order valence-corrected chi connectivity index (χ0v) is 13.4. The van der Waals surface area contributed by atoms with E-state index in [0.717, 1.165) is 22.5 Å². The van der Waals surface area contributed by atoms with Crippen molar-refractivity contribution < 1.29 is 9.53 Å². The molecule has 0 bridgehead atoms. The standard InChI is InChI=1S/C17H21N3O2/c1-12-8-9-15(20-19-12)14-7-5-6-13(10-14)11-18-16(21)22-17(2,3)4/h5-10H,11H2,1-4H3,(H,18,21). The Hall–Kier alpha value is -2.43. The molecule has 1 aromatic carbocycles. The Morgan fingerprint density at radius 1 is 1.18 bits per heavy atom. The minimum Gasteiger partial charge on any atom is -0.444 e. The number of rotatable bonds is 3. The van der Waals surface area contributed by atoms with E-state index in [1.807, 2.05) is 64.1 Å². The minimum atomic E-state index is -0.497. The Bertz CT molecular complexity index is 646. The van der Waals surface area contributed by atoms with Gasteiger partial charge in [-0.05, 0) is 51.5 Å². The Morgan fingerprint density at radius 2 is 1.95 bits per heavy atom. The van der Waals surface area contributed by atoms with Crippen molar-refractivity contribution in [2.24, 2.45) is 0 Å². The van der Waals surface area contributed by atoms with Crippen LogP contribution in [0.3, 0.4) is 0 Å². The molecule has 0 atom stereocenters. The van der Waals surface area contributed by atoms with E-state index in [4.69, 9.17) is 4.74 Å². The molecule has 0 aliphatic heterocycles. The topological polar surface area (TPSA) is 64.1 Å². The molecule has 0 saturated heterocycles. The van der Waals surface area contributed by atoms with Gasteiger partial charge in [0.2, 0.25) is 0 Å². The van der Waals surface area contributed by atoms with Gasteiger partial charge in [-0.2, -0.15) is 10.2 Å². The third kappa shape index (κ3) is 4.84. The van der Waals surface area contributed by atoms with Gasteiger partial charge in [0.15, 0.2) is 0 Å². The number of benzene rings is 1. The summed E-state index contributed by atoms with van der Waals surface area (Å²) >= 11 is 0. The molecule has 1 amide bonds. The number of nitrogens with zero attached hydrogens (tertiary/aromatic N) is 2. The largest absolute Gasteiger partial charge is 0.444 e. The Balaban J connectivity index is 2.03. The van der Waals surface area contributed by atoms with Crippen molar-refractivity contribution in [1.29, 1.82) is 0 Å². The SMILES string of the molecule is Cc1ccc(-c2cccc(CNC(=O)OC(C)(C)C)c2)nn1. The number of alkyl carbamates (subject to hydrolysis) is 1. The molecule has 0 aliphatic carbocycles. The van der Waals surface area contributed by atoms with Crippen LogP contribution >= 0.6 is 0 Å². The van der Waals surface area contributed by atoms with E-state index in [9.17, 15) is 4.79 Å². The average Bonchev–Trinajstić information content (AvgIpc) is 2.44. The zero-order chi connectivity index (χ0) is 16.2. The number of amides is 1. The summed E-state index contributed by atoms with van der Waals surface area (Å²) in [6, 6.07) is 11.7. The number of ether oxygens (including phenoxy) is 1. The van der Waals surface area contributed by atoms with Gasteiger partial charge in [-0.3, -0.25) is 0 Å². The highest BCUT2D eigenvalue weighted by molar-refractivity contribution is 5.68. The smallest absolute Gasteiger partial charge is 0.407 e. The minimum absolute atomic E-state index is 0.405. The maximum Gasteiger partial charge on any atom is 0.407 e. The lowest BCUT2D eigenvalue weighted by Crippen LogP contribution is -2.32. The van der Waals surface area contributed by atoms with Crippen molar-refractivity contribution in [3.8, 4) is 11.3 Å². The van der Waals surface area contributed by atoms with Crippen LogP contribution in [-0.2, 0) is 11.3 Å². The monoisotopic (exact) mass is 299 g/mol. The molecule has 0 aliphatic rings. The number of hydrogen-bond acceptors (Lipinski definition) is 4. The van der Waals surface area contributed by atoms with Crippen LogP contribution in [0.2, 0.25) is 0 Å². The molecule has 2 rings (SSSR count). The first kappa shape index (κ1) is 15.9. The molecule has 0 unspecified atom stereocenters. The van der Waals surface area contributed by atoms with Gasteiger partial charge in [0, 0.05) is 12.1 Å². The molecule has 0 radical (unpaired) electrons. The maximum absolute atomic E-state index is 11.7. The Kier molecular flexibility index (Phi) is 4.75. The van der Waals surface area contributed by atoms with Crippen LogP contribution < -0.4 is 5.32 Å². The van der Waals surface area contributed by atoms with Crippen LogP contribution in [0.25, 0.3) is 11.3 Å². The van der Waals surface area contributed by atoms with Crippen LogP contribution in [-0.4, -0.2) is 21.9 Å². The van der Waals surface area contributed by atoms with Gasteiger partial charge in [0.05, 0.1) is 11.4 Å². The number of hydrogen-bond donors (Lipinski definition) is 1. The van der Waals surface area contributed by atoms with E-state index in [1.54, 1.807) is 0 Å². The third-order valence-electron chi connectivity index (χ3n) is 2.86. The Morgan fingerprint density at radius 3 is 2.59 bits per heavy atom. The predicted molar refractivity (Wildman–Crippen MR) is 85.3 cm³/mol. The van der Waals surface area contributed by atoms with E-state index in [-0.39, 0.29) is 0 Å². The number of carbonyl (C=O) groups excluding carboxylic acids is 1. The number of carbonyl (C=O) groups is 1. The second kappa shape index (κ2) is 6.56. The quantitative estimate of drug-likeness (QED) is 0.942. The second-order valence-electron chi connectivity index (χ2n) is 6.12. The zero-order valence-electron chi connectivity index (χ0n) is 13.4. The summed E-state index contributed by atoms with van der Waals surface area (Å²) in [5, 5.41) is 11.0. The summed E-state index contributed by atoms with van der Waals surface area (Å²) < 4.78 is 5.22. The first-order chi connectivity index (χ1) is 10.3. The summed E-state index contributed by atoms with van der Waals surface area (Å²) in [7, 11) is 0. The molecule has 22 heavy (non-hydrogen) atoms. The highest BCUT2D eigenvalue weighted by Crippen LogP contribution is 2.17. The molecule has 1 aromatic heterocycles. The van der Waals surface area contributed by atoms with E-state index < -0.39 is 11.7 Å². The van der Waals surface area contributed by atoms with Gasteiger partial charge < -0.3 is 10.1 Å². The van der Waals surface area contributed by atoms with Crippen molar-refractivity contribution in [2.45, 2.75) is 39.8 Å². The lowest BCUT2D eigenvalue weighted by atomic mass is 10.1. The van der Waals surface area contributed by atoms with Gasteiger partial charge in [-0.25, -0.2) is 4.79 Å². The number of nitrogens with one attached hydrogen (secondary N) is 1. The van der Waals surface area contributed by atoms with Crippen molar-refractivity contribution >= 4 is 6.09 Å². The fourth-order valence-corrected chi connectivity index (χ4v) is 1.88. The van der Waals surface area contributed by atoms with E-state index >= 15 is 0 Å². The molecular formula is C17H21N3O2. The summed E-state index contributed by atoms with van der Waals surface area (Å²) in [5.74, 6) is 0. The normalized spacial score (nSPS) is 11.1. The van der Waals surface area contributed by atoms with Crippen molar-refractivity contribution in [3.63, 3.8) is 0 Å². The molecule has 2 aromatic rings. The fraction of sp³-hybridized carbons (Fsp3) is 0.353. The average molecular weight is 299 g/mol. The van der Waals surface area contributed by atoms with E-state index in [1.165, 1.54) is 0 Å². The lowest BCUT2D eigenvalue weighted by Gasteiger charge is -2.19. The highest BCUT2D eigenvalue weighted by Gasteiger charge is 2.15. The van der Waals surface area contributed by atoms with Crippen LogP contribution in [0.5, 0.6) is 0 Å². The molecule has 5 heteroatoms. The molecule has 0 spiro atoms. The van der Waals surface area contributed by atoms with Crippen LogP contribution in [0.1, 0.15) is 32.0 Å². The van der Waals surface area contributed by atoms with Gasteiger partial charge in [0.25, 0.3) is 0 Å². The number of aromatic nitrogens is 2. The lowest BCUT2D eigenvalue weighted by molar-refractivity contribution is 0.0523. The summed E-state index contributed by atoms with van der Waals surface area (Å²) in [6.45, 7) is 7.82. The predicted octanol–water partition coefficient (Wildman–Crippen LogP) is 3.48. The van der Waals surface area contributed by atoms with Crippen molar-refractivity contribution in [1.82, 2.24) is 15.5 Å². The molecule has 5 nitrogen and oxygen atoms in total. The number of aryl methyl sites for hydroxylation is 1. The van der Waals surface area contributed by atoms with Crippen LogP contribution in [0.15, 0.2) is 36.4 Å². The highest BCUT2D eigenvalue weighted by atomic mass is 16.6. The third-order valence-corrected chi connectivity index (χ3v) is 2.86. The fourth-order valence-electron chi connectivity index (χ4n) is 1.88. The van der Waals surface area contributed by atoms with Crippen molar-refractivity contribution in [2.75, 3.05) is 0 Å². The van der Waals surface area contributed by atoms with Crippen LogP contribution in [0.4, 0.5) is 4.79 Å². The van der Waals surface area contributed by atoms with Crippen molar-refractivity contribution in [3.05, 3.63) is 47.7 Å². The van der Waals surface area contributed by atoms with E-state index in [2.05, 4.69) is 15.5 Å². The first-order valence-corrected chi connectivity index (χ1v) is 7.20. The van der Waals surface area contributed by atoms with Gasteiger partial charge in [0.1, 0.15) is 5.60 Å². The molecule has 0 saturated carbocycles.